The first-order valence-electron chi connectivity index (χ1n) is 2.64. The summed E-state index contributed by atoms with van der Waals surface area (Å²) in [7, 11) is 0. The fourth-order valence-electron chi connectivity index (χ4n) is 0.867. The summed E-state index contributed by atoms with van der Waals surface area (Å²) >= 11 is 0. The van der Waals surface area contributed by atoms with Crippen LogP contribution in [0.5, 0.6) is 0 Å². The SMILES string of the molecule is O=C1N=Cc2cc[nH]c21. The number of hydrogen-bond donors (Lipinski definition) is 1. The van der Waals surface area contributed by atoms with Crippen LogP contribution in [0.3, 0.4) is 0 Å². The highest BCUT2D eigenvalue weighted by Gasteiger charge is 2.14. The van der Waals surface area contributed by atoms with E-state index in [-0.39, 0.29) is 5.91 Å². The summed E-state index contributed by atoms with van der Waals surface area (Å²) in [5.74, 6) is -0.171. The smallest absolute Gasteiger partial charge is 0.294 e. The zero-order valence-corrected chi connectivity index (χ0v) is 4.59. The predicted molar refractivity (Wildman–Crippen MR) is 32.7 cm³/mol. The van der Waals surface area contributed by atoms with Crippen molar-refractivity contribution < 1.29 is 4.79 Å². The van der Waals surface area contributed by atoms with Crippen LogP contribution in [-0.4, -0.2) is 17.1 Å². The van der Waals surface area contributed by atoms with Gasteiger partial charge in [0.25, 0.3) is 5.91 Å². The normalized spacial score (nSPS) is 14.4. The molecule has 3 nitrogen and oxygen atoms in total. The molecule has 2 rings (SSSR count). The zero-order chi connectivity index (χ0) is 6.27. The zero-order valence-electron chi connectivity index (χ0n) is 4.59. The Balaban J connectivity index is 2.73. The Labute approximate surface area is 51.4 Å². The Morgan fingerprint density at radius 2 is 2.44 bits per heavy atom. The van der Waals surface area contributed by atoms with Gasteiger partial charge in [-0.15, -0.1) is 0 Å². The van der Waals surface area contributed by atoms with Crippen LogP contribution in [0.25, 0.3) is 0 Å². The molecule has 0 saturated heterocycles. The number of amides is 1. The molecule has 0 spiro atoms. The summed E-state index contributed by atoms with van der Waals surface area (Å²) in [5.41, 5.74) is 1.50. The monoisotopic (exact) mass is 120 g/mol. The van der Waals surface area contributed by atoms with E-state index in [4.69, 9.17) is 0 Å². The van der Waals surface area contributed by atoms with Gasteiger partial charge in [0.15, 0.2) is 0 Å². The highest BCUT2D eigenvalue weighted by Crippen LogP contribution is 2.10. The van der Waals surface area contributed by atoms with Gasteiger partial charge in [0.1, 0.15) is 5.69 Å². The molecule has 0 atom stereocenters. The van der Waals surface area contributed by atoms with E-state index in [1.54, 1.807) is 12.4 Å². The number of nitrogens with zero attached hydrogens (tertiary/aromatic N) is 1. The van der Waals surface area contributed by atoms with E-state index >= 15 is 0 Å². The van der Waals surface area contributed by atoms with Crippen molar-refractivity contribution in [2.75, 3.05) is 0 Å². The van der Waals surface area contributed by atoms with Crippen molar-refractivity contribution >= 4 is 12.1 Å². The third kappa shape index (κ3) is 0.455. The number of H-pyrrole nitrogens is 1. The Kier molecular flexibility index (Phi) is 0.656. The highest BCUT2D eigenvalue weighted by atomic mass is 16.1. The average molecular weight is 120 g/mol. The van der Waals surface area contributed by atoms with Crippen molar-refractivity contribution in [3.05, 3.63) is 23.5 Å². The lowest BCUT2D eigenvalue weighted by atomic mass is 10.3. The van der Waals surface area contributed by atoms with Gasteiger partial charge >= 0.3 is 0 Å². The van der Waals surface area contributed by atoms with E-state index in [0.29, 0.717) is 5.69 Å². The molecule has 1 amide bonds. The minimum atomic E-state index is -0.171. The van der Waals surface area contributed by atoms with Gasteiger partial charge in [-0.2, -0.15) is 0 Å². The topological polar surface area (TPSA) is 45.2 Å². The molecule has 1 aromatic heterocycles. The van der Waals surface area contributed by atoms with Crippen LogP contribution >= 0.6 is 0 Å². The number of hydrogen-bond acceptors (Lipinski definition) is 1. The third-order valence-electron chi connectivity index (χ3n) is 1.31. The summed E-state index contributed by atoms with van der Waals surface area (Å²) in [6, 6.07) is 1.82. The fourth-order valence-corrected chi connectivity index (χ4v) is 0.867. The van der Waals surface area contributed by atoms with Crippen LogP contribution in [0, 0.1) is 0 Å². The first-order valence-corrected chi connectivity index (χ1v) is 2.64. The molecule has 0 bridgehead atoms. The lowest BCUT2D eigenvalue weighted by molar-refractivity contribution is 0.100. The maximum absolute atomic E-state index is 10.7. The molecular formula is C6H4N2O. The number of carbonyl (C=O) groups is 1. The van der Waals surface area contributed by atoms with Crippen LogP contribution in [0.15, 0.2) is 17.3 Å². The van der Waals surface area contributed by atoms with E-state index in [2.05, 4.69) is 9.98 Å². The largest absolute Gasteiger partial charge is 0.357 e. The summed E-state index contributed by atoms with van der Waals surface area (Å²) in [4.78, 5) is 17.1. The summed E-state index contributed by atoms with van der Waals surface area (Å²) in [6.07, 6.45) is 3.29. The second-order valence-electron chi connectivity index (χ2n) is 1.87. The lowest BCUT2D eigenvalue weighted by Gasteiger charge is -1.79. The summed E-state index contributed by atoms with van der Waals surface area (Å²) < 4.78 is 0. The molecule has 3 heteroatoms. The number of aromatic amines is 1. The van der Waals surface area contributed by atoms with E-state index in [1.807, 2.05) is 6.07 Å². The Hall–Kier alpha value is -1.38. The molecule has 0 fully saturated rings. The van der Waals surface area contributed by atoms with Gasteiger partial charge in [0.05, 0.1) is 0 Å². The van der Waals surface area contributed by atoms with E-state index in [1.165, 1.54) is 0 Å². The minimum absolute atomic E-state index is 0.171. The first-order chi connectivity index (χ1) is 4.38. The van der Waals surface area contributed by atoms with Crippen molar-refractivity contribution in [3.8, 4) is 0 Å². The molecule has 0 aliphatic carbocycles. The Morgan fingerprint density at radius 1 is 1.56 bits per heavy atom. The van der Waals surface area contributed by atoms with Crippen LogP contribution in [0.4, 0.5) is 0 Å². The van der Waals surface area contributed by atoms with E-state index in [0.717, 1.165) is 5.56 Å². The number of nitrogens with one attached hydrogen (secondary N) is 1. The van der Waals surface area contributed by atoms with Crippen LogP contribution in [-0.2, 0) is 0 Å². The molecule has 1 aromatic rings. The van der Waals surface area contributed by atoms with Gasteiger partial charge in [-0.05, 0) is 6.07 Å². The predicted octanol–water partition coefficient (Wildman–Crippen LogP) is 0.587. The highest BCUT2D eigenvalue weighted by molar-refractivity contribution is 6.11. The quantitative estimate of drug-likeness (QED) is 0.535. The van der Waals surface area contributed by atoms with Crippen LogP contribution in [0.2, 0.25) is 0 Å². The Bertz CT molecular complexity index is 285. The molecule has 2 heterocycles. The van der Waals surface area contributed by atoms with Crippen LogP contribution < -0.4 is 0 Å². The lowest BCUT2D eigenvalue weighted by Crippen LogP contribution is -1.89. The van der Waals surface area contributed by atoms with Gasteiger partial charge in [0, 0.05) is 18.0 Å². The fraction of sp³-hybridized carbons (Fsp3) is 0. The molecule has 1 N–H and O–H groups in total. The number of aromatic nitrogens is 1. The molecule has 9 heavy (non-hydrogen) atoms. The second kappa shape index (κ2) is 1.31. The van der Waals surface area contributed by atoms with Gasteiger partial charge in [0.2, 0.25) is 0 Å². The first kappa shape index (κ1) is 4.49. The average Bonchev–Trinajstić information content (AvgIpc) is 2.35. The van der Waals surface area contributed by atoms with E-state index < -0.39 is 0 Å². The van der Waals surface area contributed by atoms with Gasteiger partial charge in [-0.3, -0.25) is 4.79 Å². The van der Waals surface area contributed by atoms with Crippen molar-refractivity contribution in [3.63, 3.8) is 0 Å². The third-order valence-corrected chi connectivity index (χ3v) is 1.31. The standard InChI is InChI=1S/C6H4N2O/c9-6-5-4(3-8-6)1-2-7-5/h1-3,7H. The van der Waals surface area contributed by atoms with Crippen LogP contribution in [0.1, 0.15) is 16.1 Å². The molecule has 1 aliphatic rings. The number of aliphatic imine (C=N–C) groups is 1. The molecule has 0 radical (unpaired) electrons. The maximum Gasteiger partial charge on any atom is 0.294 e. The molecule has 0 unspecified atom stereocenters. The molecular weight excluding hydrogens is 116 g/mol. The second-order valence-corrected chi connectivity index (χ2v) is 1.87. The van der Waals surface area contributed by atoms with Gasteiger partial charge < -0.3 is 4.98 Å². The Morgan fingerprint density at radius 3 is 3.22 bits per heavy atom. The molecule has 0 saturated carbocycles. The van der Waals surface area contributed by atoms with Crippen molar-refractivity contribution in [2.45, 2.75) is 0 Å². The van der Waals surface area contributed by atoms with Crippen molar-refractivity contribution in [1.82, 2.24) is 4.98 Å². The summed E-state index contributed by atoms with van der Waals surface area (Å²) in [5, 5.41) is 0. The summed E-state index contributed by atoms with van der Waals surface area (Å²) in [6.45, 7) is 0. The molecule has 44 valence electrons. The number of fused-ring (bicyclic) bond motifs is 1. The minimum Gasteiger partial charge on any atom is -0.357 e. The van der Waals surface area contributed by atoms with Gasteiger partial charge in [-0.1, -0.05) is 0 Å². The molecule has 0 aromatic carbocycles. The van der Waals surface area contributed by atoms with E-state index in [9.17, 15) is 4.79 Å². The van der Waals surface area contributed by atoms with Crippen molar-refractivity contribution in [2.24, 2.45) is 4.99 Å². The maximum atomic E-state index is 10.7. The number of rotatable bonds is 0. The molecule has 1 aliphatic heterocycles. The van der Waals surface area contributed by atoms with Crippen molar-refractivity contribution in [1.29, 1.82) is 0 Å². The van der Waals surface area contributed by atoms with Gasteiger partial charge in [-0.25, -0.2) is 4.99 Å². The number of carbonyl (C=O) groups excluding carboxylic acids is 1.